The van der Waals surface area contributed by atoms with E-state index in [0.29, 0.717) is 49.8 Å². The quantitative estimate of drug-likeness (QED) is 0.388. The number of rotatable bonds is 4. The predicted octanol–water partition coefficient (Wildman–Crippen LogP) is 7.92. The summed E-state index contributed by atoms with van der Waals surface area (Å²) in [4.78, 5) is 28.4. The number of benzene rings is 2. The summed E-state index contributed by atoms with van der Waals surface area (Å²) in [6.07, 6.45) is 4.20. The SMILES string of the molecule is CN1C2=C(C(=O)CCC2)C(c2cc(Cl)c(OCc3ccc(Cl)cc3Cl)c(Cl)c2)C2=C1CCCC2=O. The average Bonchev–Trinajstić information content (AvgIpc) is 2.81. The maximum absolute atomic E-state index is 13.2. The van der Waals surface area contributed by atoms with Crippen LogP contribution in [0.15, 0.2) is 52.9 Å². The van der Waals surface area contributed by atoms with E-state index in [1.807, 2.05) is 7.05 Å². The van der Waals surface area contributed by atoms with Crippen molar-refractivity contribution < 1.29 is 14.3 Å². The highest BCUT2D eigenvalue weighted by molar-refractivity contribution is 6.37. The third-order valence-electron chi connectivity index (χ3n) is 6.99. The predicted molar refractivity (Wildman–Crippen MR) is 140 cm³/mol. The minimum Gasteiger partial charge on any atom is -0.486 e. The summed E-state index contributed by atoms with van der Waals surface area (Å²) in [6, 6.07) is 8.69. The Hall–Kier alpha value is -1.98. The van der Waals surface area contributed by atoms with E-state index < -0.39 is 5.92 Å². The van der Waals surface area contributed by atoms with Crippen molar-refractivity contribution in [1.29, 1.82) is 0 Å². The van der Waals surface area contributed by atoms with Crippen LogP contribution in [-0.4, -0.2) is 23.5 Å². The van der Waals surface area contributed by atoms with Gasteiger partial charge in [0.05, 0.1) is 10.0 Å². The molecule has 0 bridgehead atoms. The van der Waals surface area contributed by atoms with Crippen LogP contribution in [-0.2, 0) is 16.2 Å². The smallest absolute Gasteiger partial charge is 0.161 e. The summed E-state index contributed by atoms with van der Waals surface area (Å²) >= 11 is 25.6. The van der Waals surface area contributed by atoms with E-state index in [4.69, 9.17) is 51.1 Å². The van der Waals surface area contributed by atoms with Gasteiger partial charge in [-0.15, -0.1) is 0 Å². The van der Waals surface area contributed by atoms with E-state index in [2.05, 4.69) is 4.90 Å². The fourth-order valence-corrected chi connectivity index (χ4v) is 6.43. The van der Waals surface area contributed by atoms with Crippen molar-refractivity contribution in [3.63, 3.8) is 0 Å². The molecule has 0 aromatic heterocycles. The molecule has 35 heavy (non-hydrogen) atoms. The molecule has 0 N–H and O–H groups in total. The van der Waals surface area contributed by atoms with Gasteiger partial charge in [-0.25, -0.2) is 0 Å². The van der Waals surface area contributed by atoms with E-state index in [1.54, 1.807) is 30.3 Å². The maximum atomic E-state index is 13.2. The van der Waals surface area contributed by atoms with E-state index in [9.17, 15) is 9.59 Å². The second-order valence-electron chi connectivity index (χ2n) is 9.10. The van der Waals surface area contributed by atoms with Gasteiger partial charge >= 0.3 is 0 Å². The van der Waals surface area contributed by atoms with Crippen molar-refractivity contribution in [1.82, 2.24) is 4.90 Å². The molecule has 0 radical (unpaired) electrons. The average molecular weight is 551 g/mol. The van der Waals surface area contributed by atoms with Gasteiger partial charge in [0.25, 0.3) is 0 Å². The lowest BCUT2D eigenvalue weighted by molar-refractivity contribution is -0.117. The lowest BCUT2D eigenvalue weighted by Gasteiger charge is -2.42. The van der Waals surface area contributed by atoms with Crippen molar-refractivity contribution in [2.24, 2.45) is 0 Å². The number of allylic oxidation sites excluding steroid dienone is 4. The number of halogens is 4. The summed E-state index contributed by atoms with van der Waals surface area (Å²) in [6.45, 7) is 0.157. The van der Waals surface area contributed by atoms with Gasteiger partial charge in [0.15, 0.2) is 17.3 Å². The summed E-state index contributed by atoms with van der Waals surface area (Å²) in [5, 5.41) is 1.65. The van der Waals surface area contributed by atoms with Gasteiger partial charge in [-0.05, 0) is 55.5 Å². The Morgan fingerprint density at radius 2 is 1.40 bits per heavy atom. The Kier molecular flexibility index (Phi) is 6.93. The molecule has 1 heterocycles. The first-order chi connectivity index (χ1) is 16.8. The molecular formula is C27H23Cl4NO3. The van der Waals surface area contributed by atoms with Crippen LogP contribution in [0.1, 0.15) is 55.6 Å². The highest BCUT2D eigenvalue weighted by atomic mass is 35.5. The Balaban J connectivity index is 1.55. The van der Waals surface area contributed by atoms with E-state index in [1.165, 1.54) is 0 Å². The summed E-state index contributed by atoms with van der Waals surface area (Å²) in [7, 11) is 1.97. The minimum atomic E-state index is -0.466. The monoisotopic (exact) mass is 549 g/mol. The van der Waals surface area contributed by atoms with Gasteiger partial charge in [0, 0.05) is 64.0 Å². The zero-order chi connectivity index (χ0) is 24.9. The standard InChI is InChI=1S/C27H23Cl4NO3/c1-32-20-4-2-6-22(33)25(20)24(26-21(32)5-3-7-23(26)34)15-10-18(30)27(19(31)11-15)35-13-14-8-9-16(28)12-17(14)29/h8-12,24H,2-7,13H2,1H3. The number of nitrogens with zero attached hydrogens (tertiary/aromatic N) is 1. The van der Waals surface area contributed by atoms with Crippen LogP contribution >= 0.6 is 46.4 Å². The first-order valence-electron chi connectivity index (χ1n) is 11.6. The molecule has 182 valence electrons. The molecule has 0 atom stereocenters. The highest BCUT2D eigenvalue weighted by Gasteiger charge is 2.42. The van der Waals surface area contributed by atoms with Crippen molar-refractivity contribution in [3.8, 4) is 5.75 Å². The highest BCUT2D eigenvalue weighted by Crippen LogP contribution is 2.50. The molecule has 5 rings (SSSR count). The second kappa shape index (κ2) is 9.82. The third kappa shape index (κ3) is 4.51. The zero-order valence-corrected chi connectivity index (χ0v) is 22.1. The van der Waals surface area contributed by atoms with Gasteiger partial charge in [-0.3, -0.25) is 9.59 Å². The molecule has 0 spiro atoms. The van der Waals surface area contributed by atoms with Gasteiger partial charge in [-0.2, -0.15) is 0 Å². The number of carbonyl (C=O) groups excluding carboxylic acids is 2. The van der Waals surface area contributed by atoms with Crippen molar-refractivity contribution >= 4 is 58.0 Å². The number of carbonyl (C=O) groups is 2. The normalized spacial score (nSPS) is 18.7. The molecule has 1 aliphatic heterocycles. The topological polar surface area (TPSA) is 46.6 Å². The third-order valence-corrected chi connectivity index (χ3v) is 8.13. The van der Waals surface area contributed by atoms with Crippen LogP contribution < -0.4 is 4.74 Å². The fourth-order valence-electron chi connectivity index (χ4n) is 5.36. The van der Waals surface area contributed by atoms with Crippen molar-refractivity contribution in [3.05, 3.63) is 84.1 Å². The molecule has 0 saturated carbocycles. The summed E-state index contributed by atoms with van der Waals surface area (Å²) < 4.78 is 5.93. The molecule has 2 aromatic carbocycles. The zero-order valence-electron chi connectivity index (χ0n) is 19.1. The summed E-state index contributed by atoms with van der Waals surface area (Å²) in [5.41, 5.74) is 4.88. The Labute approximate surface area is 224 Å². The Bertz CT molecular complexity index is 1250. The molecule has 0 saturated heterocycles. The molecule has 2 aromatic rings. The van der Waals surface area contributed by atoms with Crippen LogP contribution in [0.25, 0.3) is 0 Å². The van der Waals surface area contributed by atoms with Crippen LogP contribution in [0.4, 0.5) is 0 Å². The van der Waals surface area contributed by atoms with Crippen LogP contribution in [0.5, 0.6) is 5.75 Å². The van der Waals surface area contributed by atoms with Gasteiger partial charge < -0.3 is 9.64 Å². The minimum absolute atomic E-state index is 0.0815. The number of ketones is 2. The van der Waals surface area contributed by atoms with Gasteiger partial charge in [0.1, 0.15) is 6.61 Å². The molecule has 0 unspecified atom stereocenters. The van der Waals surface area contributed by atoms with Crippen molar-refractivity contribution in [2.45, 2.75) is 51.0 Å². The second-order valence-corrected chi connectivity index (χ2v) is 10.8. The van der Waals surface area contributed by atoms with Crippen LogP contribution in [0, 0.1) is 0 Å². The molecule has 2 aliphatic carbocycles. The number of hydrogen-bond donors (Lipinski definition) is 0. The Morgan fingerprint density at radius 1 is 0.829 bits per heavy atom. The molecule has 4 nitrogen and oxygen atoms in total. The van der Waals surface area contributed by atoms with E-state index in [-0.39, 0.29) is 18.2 Å². The first kappa shape index (κ1) is 24.7. The van der Waals surface area contributed by atoms with E-state index >= 15 is 0 Å². The van der Waals surface area contributed by atoms with Crippen molar-refractivity contribution in [2.75, 3.05) is 7.05 Å². The Morgan fingerprint density at radius 3 is 1.94 bits per heavy atom. The molecule has 8 heteroatoms. The number of ether oxygens (including phenoxy) is 1. The van der Waals surface area contributed by atoms with E-state index in [0.717, 1.165) is 48.2 Å². The van der Waals surface area contributed by atoms with Gasteiger partial charge in [-0.1, -0.05) is 52.5 Å². The van der Waals surface area contributed by atoms with Crippen LogP contribution in [0.3, 0.4) is 0 Å². The van der Waals surface area contributed by atoms with Crippen LogP contribution in [0.2, 0.25) is 20.1 Å². The molecule has 0 amide bonds. The fraction of sp³-hybridized carbons (Fsp3) is 0.333. The molecule has 3 aliphatic rings. The molecule has 0 fully saturated rings. The maximum Gasteiger partial charge on any atom is 0.161 e. The number of hydrogen-bond acceptors (Lipinski definition) is 4. The molecular weight excluding hydrogens is 528 g/mol. The number of Topliss-reactive ketones (excluding diaryl/α,β-unsaturated/α-hetero) is 2. The lowest BCUT2D eigenvalue weighted by atomic mass is 9.71. The first-order valence-corrected chi connectivity index (χ1v) is 13.1. The van der Waals surface area contributed by atoms with Gasteiger partial charge in [0.2, 0.25) is 0 Å². The largest absolute Gasteiger partial charge is 0.486 e. The lowest BCUT2D eigenvalue weighted by Crippen LogP contribution is -2.37. The summed E-state index contributed by atoms with van der Waals surface area (Å²) in [5.74, 6) is 0.0203.